The average Bonchev–Trinajstić information content (AvgIpc) is 2.95. The molecular weight excluding hydrogens is 275 g/mol. The maximum atomic E-state index is 14.0. The highest BCUT2D eigenvalue weighted by Gasteiger charge is 2.25. The van der Waals surface area contributed by atoms with Gasteiger partial charge in [0.25, 0.3) is 0 Å². The molecule has 2 rings (SSSR count). The number of halogens is 1. The zero-order valence-corrected chi connectivity index (χ0v) is 12.6. The fourth-order valence-electron chi connectivity index (χ4n) is 2.63. The average molecular weight is 296 g/mol. The van der Waals surface area contributed by atoms with Crippen molar-refractivity contribution in [2.75, 3.05) is 31.6 Å². The summed E-state index contributed by atoms with van der Waals surface area (Å²) >= 11 is 1.49. The first-order valence-electron chi connectivity index (χ1n) is 6.96. The Bertz CT molecular complexity index is 449. The first kappa shape index (κ1) is 15.3. The molecule has 5 heteroatoms. The monoisotopic (exact) mass is 296 g/mol. The van der Waals surface area contributed by atoms with Crippen molar-refractivity contribution in [1.82, 2.24) is 10.2 Å². The van der Waals surface area contributed by atoms with Crippen LogP contribution in [0.2, 0.25) is 0 Å². The highest BCUT2D eigenvalue weighted by molar-refractivity contribution is 7.99. The van der Waals surface area contributed by atoms with E-state index in [1.165, 1.54) is 17.8 Å². The van der Waals surface area contributed by atoms with Crippen molar-refractivity contribution in [1.29, 1.82) is 0 Å². The number of likely N-dealkylation sites (tertiary alicyclic amines) is 1. The molecule has 1 amide bonds. The quantitative estimate of drug-likeness (QED) is 0.875. The molecule has 0 spiro atoms. The van der Waals surface area contributed by atoms with E-state index < -0.39 is 0 Å². The van der Waals surface area contributed by atoms with E-state index >= 15 is 0 Å². The van der Waals surface area contributed by atoms with Gasteiger partial charge in [-0.3, -0.25) is 9.69 Å². The number of amides is 1. The van der Waals surface area contributed by atoms with Crippen molar-refractivity contribution >= 4 is 17.7 Å². The van der Waals surface area contributed by atoms with Gasteiger partial charge in [0, 0.05) is 12.1 Å². The highest BCUT2D eigenvalue weighted by atomic mass is 32.2. The lowest BCUT2D eigenvalue weighted by atomic mass is 10.0. The molecule has 0 aliphatic carbocycles. The second-order valence-corrected chi connectivity index (χ2v) is 5.88. The van der Waals surface area contributed by atoms with E-state index in [0.29, 0.717) is 17.9 Å². The third kappa shape index (κ3) is 3.96. The second-order valence-electron chi connectivity index (χ2n) is 5.02. The Balaban J connectivity index is 2.08. The number of carbonyl (C=O) groups is 1. The van der Waals surface area contributed by atoms with Crippen LogP contribution in [0.3, 0.4) is 0 Å². The molecule has 0 radical (unpaired) electrons. The van der Waals surface area contributed by atoms with E-state index in [0.717, 1.165) is 25.9 Å². The van der Waals surface area contributed by atoms with Crippen LogP contribution >= 0.6 is 11.8 Å². The molecule has 1 aromatic carbocycles. The third-order valence-corrected chi connectivity index (χ3v) is 4.16. The summed E-state index contributed by atoms with van der Waals surface area (Å²) in [4.78, 5) is 13.9. The number of hydrogen-bond donors (Lipinski definition) is 1. The topological polar surface area (TPSA) is 32.3 Å². The fourth-order valence-corrected chi connectivity index (χ4v) is 2.99. The van der Waals surface area contributed by atoms with Crippen molar-refractivity contribution in [2.45, 2.75) is 18.9 Å². The van der Waals surface area contributed by atoms with Crippen LogP contribution in [0.1, 0.15) is 24.4 Å². The van der Waals surface area contributed by atoms with E-state index in [9.17, 15) is 9.18 Å². The molecule has 1 atom stereocenters. The van der Waals surface area contributed by atoms with Gasteiger partial charge in [-0.1, -0.05) is 18.2 Å². The van der Waals surface area contributed by atoms with Gasteiger partial charge in [-0.25, -0.2) is 4.39 Å². The second kappa shape index (κ2) is 7.64. The zero-order chi connectivity index (χ0) is 14.4. The third-order valence-electron chi connectivity index (χ3n) is 3.61. The largest absolute Gasteiger partial charge is 0.353 e. The van der Waals surface area contributed by atoms with Gasteiger partial charge in [-0.2, -0.15) is 11.8 Å². The maximum Gasteiger partial charge on any atom is 0.230 e. The van der Waals surface area contributed by atoms with Gasteiger partial charge in [0.05, 0.1) is 11.8 Å². The molecule has 110 valence electrons. The standard InChI is InChI=1S/C15H21FN2OS/c1-20-11-15(19)17-10-14(18-8-4-5-9-18)12-6-2-3-7-13(12)16/h2-3,6-7,14H,4-5,8-11H2,1H3,(H,17,19)/t14-/m1/s1. The lowest BCUT2D eigenvalue weighted by Gasteiger charge is -2.28. The lowest BCUT2D eigenvalue weighted by Crippen LogP contribution is -2.37. The Labute approximate surface area is 123 Å². The van der Waals surface area contributed by atoms with Crippen molar-refractivity contribution < 1.29 is 9.18 Å². The molecule has 0 unspecified atom stereocenters. The van der Waals surface area contributed by atoms with E-state index in [4.69, 9.17) is 0 Å². The number of rotatable bonds is 6. The highest BCUT2D eigenvalue weighted by Crippen LogP contribution is 2.26. The molecular formula is C15H21FN2OS. The van der Waals surface area contributed by atoms with Crippen LogP contribution in [-0.4, -0.2) is 42.4 Å². The van der Waals surface area contributed by atoms with Gasteiger partial charge in [0.1, 0.15) is 5.82 Å². The first-order chi connectivity index (χ1) is 9.72. The smallest absolute Gasteiger partial charge is 0.230 e. The molecule has 1 aliphatic rings. The van der Waals surface area contributed by atoms with Crippen LogP contribution in [0.4, 0.5) is 4.39 Å². The predicted octanol–water partition coefficient (Wildman–Crippen LogP) is 2.44. The number of thioether (sulfide) groups is 1. The minimum absolute atomic E-state index is 0.0121. The minimum atomic E-state index is -0.191. The Morgan fingerprint density at radius 2 is 2.10 bits per heavy atom. The van der Waals surface area contributed by atoms with Crippen LogP contribution in [-0.2, 0) is 4.79 Å². The zero-order valence-electron chi connectivity index (χ0n) is 11.8. The van der Waals surface area contributed by atoms with Crippen LogP contribution in [0.15, 0.2) is 24.3 Å². The molecule has 0 aromatic heterocycles. The van der Waals surface area contributed by atoms with Gasteiger partial charge in [0.2, 0.25) is 5.91 Å². The maximum absolute atomic E-state index is 14.0. The van der Waals surface area contributed by atoms with E-state index in [1.54, 1.807) is 6.07 Å². The van der Waals surface area contributed by atoms with Crippen molar-refractivity contribution in [3.8, 4) is 0 Å². The van der Waals surface area contributed by atoms with Crippen molar-refractivity contribution in [2.24, 2.45) is 0 Å². The number of carbonyl (C=O) groups excluding carboxylic acids is 1. The van der Waals surface area contributed by atoms with Crippen LogP contribution in [0, 0.1) is 5.82 Å². The van der Waals surface area contributed by atoms with Crippen molar-refractivity contribution in [3.63, 3.8) is 0 Å². The molecule has 1 saturated heterocycles. The Kier molecular flexibility index (Phi) is 5.86. The van der Waals surface area contributed by atoms with Gasteiger partial charge >= 0.3 is 0 Å². The van der Waals surface area contributed by atoms with E-state index in [1.807, 2.05) is 18.4 Å². The fraction of sp³-hybridized carbons (Fsp3) is 0.533. The van der Waals surface area contributed by atoms with Gasteiger partial charge in [-0.05, 0) is 38.3 Å². The summed E-state index contributed by atoms with van der Waals surface area (Å²) in [6.07, 6.45) is 4.18. The van der Waals surface area contributed by atoms with Crippen molar-refractivity contribution in [3.05, 3.63) is 35.6 Å². The van der Waals surface area contributed by atoms with Crippen LogP contribution in [0.5, 0.6) is 0 Å². The lowest BCUT2D eigenvalue weighted by molar-refractivity contribution is -0.118. The molecule has 0 saturated carbocycles. The first-order valence-corrected chi connectivity index (χ1v) is 8.36. The summed E-state index contributed by atoms with van der Waals surface area (Å²) in [5, 5.41) is 2.92. The molecule has 3 nitrogen and oxygen atoms in total. The number of nitrogens with one attached hydrogen (secondary N) is 1. The van der Waals surface area contributed by atoms with Crippen LogP contribution < -0.4 is 5.32 Å². The number of benzene rings is 1. The van der Waals surface area contributed by atoms with Gasteiger partial charge in [-0.15, -0.1) is 0 Å². The molecule has 1 aromatic rings. The summed E-state index contributed by atoms with van der Waals surface area (Å²) in [6, 6.07) is 6.79. The molecule has 1 fully saturated rings. The van der Waals surface area contributed by atoms with Crippen LogP contribution in [0.25, 0.3) is 0 Å². The van der Waals surface area contributed by atoms with Gasteiger partial charge in [0.15, 0.2) is 0 Å². The Morgan fingerprint density at radius 1 is 1.40 bits per heavy atom. The van der Waals surface area contributed by atoms with Gasteiger partial charge < -0.3 is 5.32 Å². The number of hydrogen-bond acceptors (Lipinski definition) is 3. The molecule has 1 aliphatic heterocycles. The Hall–Kier alpha value is -1.07. The van der Waals surface area contributed by atoms with E-state index in [2.05, 4.69) is 10.2 Å². The molecule has 1 N–H and O–H groups in total. The minimum Gasteiger partial charge on any atom is -0.353 e. The summed E-state index contributed by atoms with van der Waals surface area (Å²) in [5.41, 5.74) is 0.679. The molecule has 20 heavy (non-hydrogen) atoms. The summed E-state index contributed by atoms with van der Waals surface area (Å²) < 4.78 is 14.0. The molecule has 1 heterocycles. The predicted molar refractivity (Wildman–Crippen MR) is 81.3 cm³/mol. The normalized spacial score (nSPS) is 17.1. The summed E-state index contributed by atoms with van der Waals surface area (Å²) in [5.74, 6) is 0.269. The SMILES string of the molecule is CSCC(=O)NC[C@H](c1ccccc1F)N1CCCC1. The number of nitrogens with zero attached hydrogens (tertiary/aromatic N) is 1. The summed E-state index contributed by atoms with van der Waals surface area (Å²) in [6.45, 7) is 2.41. The van der Waals surface area contributed by atoms with E-state index in [-0.39, 0.29) is 17.8 Å². The summed E-state index contributed by atoms with van der Waals surface area (Å²) in [7, 11) is 0. The Morgan fingerprint density at radius 3 is 2.75 bits per heavy atom. The molecule has 0 bridgehead atoms.